The van der Waals surface area contributed by atoms with Gasteiger partial charge in [0.25, 0.3) is 0 Å². The van der Waals surface area contributed by atoms with Crippen LogP contribution in [0, 0.1) is 30.6 Å². The highest BCUT2D eigenvalue weighted by molar-refractivity contribution is 5.82. The highest BCUT2D eigenvalue weighted by Crippen LogP contribution is 2.54. The average Bonchev–Trinajstić information content (AvgIpc) is 3.27. The molecule has 3 aliphatic rings. The number of rotatable bonds is 5. The van der Waals surface area contributed by atoms with E-state index in [1.165, 1.54) is 25.7 Å². The molecule has 0 spiro atoms. The molecule has 0 bridgehead atoms. The van der Waals surface area contributed by atoms with E-state index < -0.39 is 0 Å². The van der Waals surface area contributed by atoms with Gasteiger partial charge in [-0.1, -0.05) is 0 Å². The zero-order valence-corrected chi connectivity index (χ0v) is 11.9. The highest BCUT2D eigenvalue weighted by Gasteiger charge is 2.52. The van der Waals surface area contributed by atoms with Crippen LogP contribution in [-0.2, 0) is 4.79 Å². The quantitative estimate of drug-likeness (QED) is 0.894. The molecule has 3 unspecified atom stereocenters. The third-order valence-corrected chi connectivity index (χ3v) is 4.89. The van der Waals surface area contributed by atoms with Crippen molar-refractivity contribution in [2.75, 3.05) is 0 Å². The fourth-order valence-electron chi connectivity index (χ4n) is 3.26. The van der Waals surface area contributed by atoms with Crippen LogP contribution in [0.15, 0.2) is 12.3 Å². The van der Waals surface area contributed by atoms with Gasteiger partial charge in [0.1, 0.15) is 0 Å². The second-order valence-corrected chi connectivity index (χ2v) is 6.72. The minimum Gasteiger partial charge on any atom is -0.346 e. The molecule has 1 aromatic rings. The normalized spacial score (nSPS) is 29.9. The minimum absolute atomic E-state index is 0.0304. The highest BCUT2D eigenvalue weighted by atomic mass is 16.2. The van der Waals surface area contributed by atoms with Crippen LogP contribution in [0.3, 0.4) is 0 Å². The van der Waals surface area contributed by atoms with Crippen molar-refractivity contribution >= 4 is 5.91 Å². The smallest absolute Gasteiger partial charge is 0.224 e. The average molecular weight is 271 g/mol. The Kier molecular flexibility index (Phi) is 2.79. The maximum atomic E-state index is 12.4. The standard InChI is InChI=1S/C16H21N3O/c1-9-6-7-17-15(18-9)14(11-4-5-11)19-16(20)13-8-12(13)10-2-3-10/h6-7,10-14H,2-5,8H2,1H3,(H,19,20). The number of carbonyl (C=O) groups is 1. The van der Waals surface area contributed by atoms with Crippen molar-refractivity contribution in [1.29, 1.82) is 0 Å². The molecule has 3 atom stereocenters. The number of carbonyl (C=O) groups excluding carboxylic acids is 1. The van der Waals surface area contributed by atoms with Gasteiger partial charge in [0.15, 0.2) is 5.82 Å². The topological polar surface area (TPSA) is 54.9 Å². The van der Waals surface area contributed by atoms with E-state index in [1.54, 1.807) is 6.20 Å². The van der Waals surface area contributed by atoms with Gasteiger partial charge in [-0.3, -0.25) is 4.79 Å². The molecule has 0 radical (unpaired) electrons. The van der Waals surface area contributed by atoms with Gasteiger partial charge in [0, 0.05) is 17.8 Å². The summed E-state index contributed by atoms with van der Waals surface area (Å²) in [4.78, 5) is 21.3. The van der Waals surface area contributed by atoms with Gasteiger partial charge in [-0.05, 0) is 62.8 Å². The summed E-state index contributed by atoms with van der Waals surface area (Å²) in [6.07, 6.45) is 7.92. The number of hydrogen-bond acceptors (Lipinski definition) is 3. The molecule has 3 fully saturated rings. The van der Waals surface area contributed by atoms with E-state index in [2.05, 4.69) is 15.3 Å². The first-order chi connectivity index (χ1) is 9.72. The second kappa shape index (κ2) is 4.54. The van der Waals surface area contributed by atoms with Crippen LogP contribution in [0.1, 0.15) is 49.7 Å². The SMILES string of the molecule is Cc1ccnc(C(NC(=O)C2CC2C2CC2)C2CC2)n1. The van der Waals surface area contributed by atoms with Crippen molar-refractivity contribution in [3.8, 4) is 0 Å². The van der Waals surface area contributed by atoms with Crippen molar-refractivity contribution in [2.24, 2.45) is 23.7 Å². The summed E-state index contributed by atoms with van der Waals surface area (Å²) in [6, 6.07) is 1.93. The zero-order chi connectivity index (χ0) is 13.7. The van der Waals surface area contributed by atoms with Crippen LogP contribution in [-0.4, -0.2) is 15.9 Å². The van der Waals surface area contributed by atoms with Crippen molar-refractivity contribution < 1.29 is 4.79 Å². The summed E-state index contributed by atoms with van der Waals surface area (Å²) in [6.45, 7) is 1.97. The molecule has 1 N–H and O–H groups in total. The maximum Gasteiger partial charge on any atom is 0.224 e. The first-order valence-electron chi connectivity index (χ1n) is 7.82. The number of nitrogens with zero attached hydrogens (tertiary/aromatic N) is 2. The van der Waals surface area contributed by atoms with Crippen LogP contribution in [0.4, 0.5) is 0 Å². The number of amides is 1. The summed E-state index contributed by atoms with van der Waals surface area (Å²) >= 11 is 0. The van der Waals surface area contributed by atoms with E-state index >= 15 is 0 Å². The van der Waals surface area contributed by atoms with E-state index in [-0.39, 0.29) is 17.9 Å². The molecule has 4 heteroatoms. The number of hydrogen-bond donors (Lipinski definition) is 1. The van der Waals surface area contributed by atoms with Crippen LogP contribution < -0.4 is 5.32 Å². The molecular formula is C16H21N3O. The van der Waals surface area contributed by atoms with Gasteiger partial charge in [-0.25, -0.2) is 9.97 Å². The molecular weight excluding hydrogens is 250 g/mol. The Labute approximate surface area is 119 Å². The minimum atomic E-state index is 0.0304. The lowest BCUT2D eigenvalue weighted by Crippen LogP contribution is -2.32. The molecule has 106 valence electrons. The summed E-state index contributed by atoms with van der Waals surface area (Å²) in [7, 11) is 0. The Balaban J connectivity index is 1.45. The molecule has 3 aliphatic carbocycles. The fraction of sp³-hybridized carbons (Fsp3) is 0.688. The Bertz CT molecular complexity index is 536. The van der Waals surface area contributed by atoms with Crippen LogP contribution in [0.5, 0.6) is 0 Å². The van der Waals surface area contributed by atoms with Crippen LogP contribution in [0.2, 0.25) is 0 Å². The van der Waals surface area contributed by atoms with Gasteiger partial charge in [-0.15, -0.1) is 0 Å². The van der Waals surface area contributed by atoms with Crippen molar-refractivity contribution in [3.63, 3.8) is 0 Å². The third-order valence-electron chi connectivity index (χ3n) is 4.89. The summed E-state index contributed by atoms with van der Waals surface area (Å²) in [5, 5.41) is 3.23. The lowest BCUT2D eigenvalue weighted by Gasteiger charge is -2.17. The number of aromatic nitrogens is 2. The molecule has 3 saturated carbocycles. The second-order valence-electron chi connectivity index (χ2n) is 6.72. The largest absolute Gasteiger partial charge is 0.346 e. The summed E-state index contributed by atoms with van der Waals surface area (Å²) in [5.41, 5.74) is 0.970. The van der Waals surface area contributed by atoms with Crippen molar-refractivity contribution in [1.82, 2.24) is 15.3 Å². The summed E-state index contributed by atoms with van der Waals surface area (Å²) in [5.74, 6) is 3.37. The van der Waals surface area contributed by atoms with E-state index in [1.807, 2.05) is 13.0 Å². The lowest BCUT2D eigenvalue weighted by atomic mass is 10.1. The molecule has 4 rings (SSSR count). The lowest BCUT2D eigenvalue weighted by molar-refractivity contribution is -0.123. The summed E-state index contributed by atoms with van der Waals surface area (Å²) < 4.78 is 0. The molecule has 1 aromatic heterocycles. The van der Waals surface area contributed by atoms with Gasteiger partial charge in [0.05, 0.1) is 6.04 Å². The first-order valence-corrected chi connectivity index (χ1v) is 7.82. The van der Waals surface area contributed by atoms with Gasteiger partial charge >= 0.3 is 0 Å². The number of nitrogens with one attached hydrogen (secondary N) is 1. The Morgan fingerprint density at radius 2 is 2.15 bits per heavy atom. The number of aryl methyl sites for hydroxylation is 1. The molecule has 0 aromatic carbocycles. The zero-order valence-electron chi connectivity index (χ0n) is 11.9. The predicted octanol–water partition coefficient (Wildman–Crippen LogP) is 2.40. The molecule has 0 saturated heterocycles. The van der Waals surface area contributed by atoms with Gasteiger partial charge in [0.2, 0.25) is 5.91 Å². The maximum absolute atomic E-state index is 12.4. The van der Waals surface area contributed by atoms with Gasteiger partial charge in [-0.2, -0.15) is 0 Å². The first kappa shape index (κ1) is 12.3. The molecule has 1 heterocycles. The Morgan fingerprint density at radius 3 is 2.80 bits per heavy atom. The van der Waals surface area contributed by atoms with Gasteiger partial charge < -0.3 is 5.32 Å². The van der Waals surface area contributed by atoms with Crippen molar-refractivity contribution in [2.45, 2.75) is 45.1 Å². The monoisotopic (exact) mass is 271 g/mol. The van der Waals surface area contributed by atoms with Crippen molar-refractivity contribution in [3.05, 3.63) is 23.8 Å². The Hall–Kier alpha value is -1.45. The molecule has 1 amide bonds. The van der Waals surface area contributed by atoms with Crippen LogP contribution >= 0.6 is 0 Å². The van der Waals surface area contributed by atoms with E-state index in [0.717, 1.165) is 23.9 Å². The van der Waals surface area contributed by atoms with Crippen LogP contribution in [0.25, 0.3) is 0 Å². The fourth-order valence-corrected chi connectivity index (χ4v) is 3.26. The Morgan fingerprint density at radius 1 is 1.35 bits per heavy atom. The predicted molar refractivity (Wildman–Crippen MR) is 74.7 cm³/mol. The molecule has 4 nitrogen and oxygen atoms in total. The van der Waals surface area contributed by atoms with E-state index in [0.29, 0.717) is 11.8 Å². The third kappa shape index (κ3) is 2.43. The van der Waals surface area contributed by atoms with E-state index in [9.17, 15) is 4.79 Å². The molecule has 0 aliphatic heterocycles. The molecule has 20 heavy (non-hydrogen) atoms. The van der Waals surface area contributed by atoms with E-state index in [4.69, 9.17) is 0 Å².